The van der Waals surface area contributed by atoms with Crippen LogP contribution >= 0.6 is 0 Å². The fourth-order valence-corrected chi connectivity index (χ4v) is 1.28. The van der Waals surface area contributed by atoms with Gasteiger partial charge in [-0.25, -0.2) is 8.78 Å². The van der Waals surface area contributed by atoms with Crippen LogP contribution in [0.2, 0.25) is 0 Å². The van der Waals surface area contributed by atoms with E-state index in [4.69, 9.17) is 5.73 Å². The molecule has 90 valence electrons. The third kappa shape index (κ3) is 3.30. The van der Waals surface area contributed by atoms with E-state index in [-0.39, 0.29) is 17.6 Å². The zero-order valence-electron chi connectivity index (χ0n) is 8.99. The predicted molar refractivity (Wildman–Crippen MR) is 56.4 cm³/mol. The minimum atomic E-state index is -2.48. The van der Waals surface area contributed by atoms with Crippen LogP contribution in [-0.2, 0) is 6.54 Å². The molecule has 4 nitrogen and oxygen atoms in total. The minimum Gasteiger partial charge on any atom is -0.347 e. The highest BCUT2D eigenvalue weighted by Gasteiger charge is 2.14. The minimum absolute atomic E-state index is 0.178. The Morgan fingerprint density at radius 3 is 2.88 bits per heavy atom. The number of hydrogen-bond donors (Lipinski definition) is 2. The van der Waals surface area contributed by atoms with Gasteiger partial charge in [-0.2, -0.15) is 0 Å². The summed E-state index contributed by atoms with van der Waals surface area (Å²) in [5, 5.41) is 2.62. The first-order valence-electron chi connectivity index (χ1n) is 4.98. The molecule has 1 rings (SSSR count). The Bertz CT molecular complexity index is 352. The lowest BCUT2D eigenvalue weighted by molar-refractivity contribution is 0.0918. The number of aromatic nitrogens is 1. The summed E-state index contributed by atoms with van der Waals surface area (Å²) in [5.41, 5.74) is 5.57. The Morgan fingerprint density at radius 1 is 1.62 bits per heavy atom. The number of nitrogens with one attached hydrogen (secondary N) is 1. The molecule has 0 bridgehead atoms. The molecule has 0 spiro atoms. The third-order valence-electron chi connectivity index (χ3n) is 2.13. The van der Waals surface area contributed by atoms with Crippen molar-refractivity contribution in [3.8, 4) is 0 Å². The molecule has 0 radical (unpaired) electrons. The highest BCUT2D eigenvalue weighted by Crippen LogP contribution is 2.06. The second kappa shape index (κ2) is 5.60. The van der Waals surface area contributed by atoms with Crippen LogP contribution in [0.3, 0.4) is 0 Å². The molecular weight excluding hydrogens is 216 g/mol. The maximum absolute atomic E-state index is 12.2. The fraction of sp³-hybridized carbons (Fsp3) is 0.500. The molecule has 0 saturated carbocycles. The van der Waals surface area contributed by atoms with Crippen LogP contribution < -0.4 is 11.1 Å². The Kier molecular flexibility index (Phi) is 4.42. The Labute approximate surface area is 92.4 Å². The average molecular weight is 231 g/mol. The SMILES string of the molecule is C[C@H](CN)NC(=O)c1cccn1CC(F)F. The van der Waals surface area contributed by atoms with Crippen LogP contribution in [-0.4, -0.2) is 29.5 Å². The van der Waals surface area contributed by atoms with Crippen molar-refractivity contribution in [1.29, 1.82) is 0 Å². The summed E-state index contributed by atoms with van der Waals surface area (Å²) < 4.78 is 25.6. The molecule has 1 heterocycles. The van der Waals surface area contributed by atoms with E-state index in [2.05, 4.69) is 5.32 Å². The molecule has 6 heteroatoms. The second-order valence-electron chi connectivity index (χ2n) is 3.55. The largest absolute Gasteiger partial charge is 0.347 e. The Balaban J connectivity index is 2.71. The summed E-state index contributed by atoms with van der Waals surface area (Å²) >= 11 is 0. The maximum Gasteiger partial charge on any atom is 0.268 e. The molecule has 1 amide bonds. The van der Waals surface area contributed by atoms with E-state index in [0.717, 1.165) is 0 Å². The van der Waals surface area contributed by atoms with Crippen molar-refractivity contribution in [2.75, 3.05) is 6.54 Å². The summed E-state index contributed by atoms with van der Waals surface area (Å²) in [6.45, 7) is 1.58. The number of alkyl halides is 2. The summed E-state index contributed by atoms with van der Waals surface area (Å²) in [6.07, 6.45) is -1.03. The van der Waals surface area contributed by atoms with Gasteiger partial charge in [0.1, 0.15) is 5.69 Å². The number of hydrogen-bond acceptors (Lipinski definition) is 2. The van der Waals surface area contributed by atoms with Crippen molar-refractivity contribution < 1.29 is 13.6 Å². The third-order valence-corrected chi connectivity index (χ3v) is 2.13. The highest BCUT2D eigenvalue weighted by atomic mass is 19.3. The van der Waals surface area contributed by atoms with E-state index in [1.54, 1.807) is 13.0 Å². The number of nitrogens with two attached hydrogens (primary N) is 1. The summed E-state index contributed by atoms with van der Waals surface area (Å²) in [7, 11) is 0. The molecule has 0 aliphatic rings. The number of rotatable bonds is 5. The van der Waals surface area contributed by atoms with Gasteiger partial charge in [-0.15, -0.1) is 0 Å². The van der Waals surface area contributed by atoms with Crippen molar-refractivity contribution in [2.45, 2.75) is 25.9 Å². The van der Waals surface area contributed by atoms with Gasteiger partial charge in [-0.1, -0.05) is 0 Å². The molecule has 3 N–H and O–H groups in total. The smallest absolute Gasteiger partial charge is 0.268 e. The highest BCUT2D eigenvalue weighted by molar-refractivity contribution is 5.92. The standard InChI is InChI=1S/C10H15F2N3O/c1-7(5-13)14-10(16)8-3-2-4-15(8)6-9(11)12/h2-4,7,9H,5-6,13H2,1H3,(H,14,16)/t7-/m1/s1. The van der Waals surface area contributed by atoms with E-state index < -0.39 is 13.0 Å². The first kappa shape index (κ1) is 12.6. The molecule has 0 unspecified atom stereocenters. The van der Waals surface area contributed by atoms with Crippen LogP contribution in [0.4, 0.5) is 8.78 Å². The van der Waals surface area contributed by atoms with Crippen molar-refractivity contribution in [3.63, 3.8) is 0 Å². The van der Waals surface area contributed by atoms with Crippen LogP contribution in [0.25, 0.3) is 0 Å². The Hall–Kier alpha value is -1.43. The molecule has 0 aliphatic heterocycles. The first-order valence-corrected chi connectivity index (χ1v) is 4.98. The lowest BCUT2D eigenvalue weighted by atomic mass is 10.3. The monoisotopic (exact) mass is 231 g/mol. The van der Waals surface area contributed by atoms with Crippen LogP contribution in [0.5, 0.6) is 0 Å². The fourth-order valence-electron chi connectivity index (χ4n) is 1.28. The van der Waals surface area contributed by atoms with Crippen LogP contribution in [0.1, 0.15) is 17.4 Å². The van der Waals surface area contributed by atoms with Gasteiger partial charge in [0, 0.05) is 18.8 Å². The first-order chi connectivity index (χ1) is 7.54. The van der Waals surface area contributed by atoms with Gasteiger partial charge in [0.25, 0.3) is 12.3 Å². The van der Waals surface area contributed by atoms with Gasteiger partial charge in [0.2, 0.25) is 0 Å². The van der Waals surface area contributed by atoms with Crippen molar-refractivity contribution >= 4 is 5.91 Å². The molecule has 1 aromatic heterocycles. The lowest BCUT2D eigenvalue weighted by Crippen LogP contribution is -2.38. The predicted octanol–water partition coefficient (Wildman–Crippen LogP) is 0.830. The molecule has 0 aromatic carbocycles. The van der Waals surface area contributed by atoms with Gasteiger partial charge in [0.05, 0.1) is 6.54 Å². The summed E-state index contributed by atoms with van der Waals surface area (Å²) in [4.78, 5) is 11.6. The van der Waals surface area contributed by atoms with Gasteiger partial charge in [-0.3, -0.25) is 4.79 Å². The van der Waals surface area contributed by atoms with E-state index in [0.29, 0.717) is 6.54 Å². The molecule has 0 saturated heterocycles. The molecule has 16 heavy (non-hydrogen) atoms. The maximum atomic E-state index is 12.2. The van der Waals surface area contributed by atoms with Gasteiger partial charge in [0.15, 0.2) is 0 Å². The summed E-state index contributed by atoms with van der Waals surface area (Å²) in [6, 6.07) is 2.88. The number of carbonyl (C=O) groups is 1. The van der Waals surface area contributed by atoms with E-state index in [1.165, 1.54) is 16.8 Å². The van der Waals surface area contributed by atoms with Gasteiger partial charge in [-0.05, 0) is 19.1 Å². The van der Waals surface area contributed by atoms with E-state index in [9.17, 15) is 13.6 Å². The van der Waals surface area contributed by atoms with Crippen LogP contribution in [0.15, 0.2) is 18.3 Å². The van der Waals surface area contributed by atoms with E-state index >= 15 is 0 Å². The topological polar surface area (TPSA) is 60.0 Å². The average Bonchev–Trinajstić information content (AvgIpc) is 2.64. The number of amides is 1. The van der Waals surface area contributed by atoms with Crippen molar-refractivity contribution in [3.05, 3.63) is 24.0 Å². The van der Waals surface area contributed by atoms with Crippen molar-refractivity contribution in [2.24, 2.45) is 5.73 Å². The van der Waals surface area contributed by atoms with Gasteiger partial charge < -0.3 is 15.6 Å². The number of carbonyl (C=O) groups excluding carboxylic acids is 1. The molecule has 0 aliphatic carbocycles. The zero-order chi connectivity index (χ0) is 12.1. The van der Waals surface area contributed by atoms with Gasteiger partial charge >= 0.3 is 0 Å². The van der Waals surface area contributed by atoms with E-state index in [1.807, 2.05) is 0 Å². The molecule has 0 fully saturated rings. The van der Waals surface area contributed by atoms with Crippen LogP contribution in [0, 0.1) is 0 Å². The zero-order valence-corrected chi connectivity index (χ0v) is 8.99. The number of halogens is 2. The van der Waals surface area contributed by atoms with Crippen molar-refractivity contribution in [1.82, 2.24) is 9.88 Å². The number of nitrogens with zero attached hydrogens (tertiary/aromatic N) is 1. The lowest BCUT2D eigenvalue weighted by Gasteiger charge is -2.13. The second-order valence-corrected chi connectivity index (χ2v) is 3.55. The molecular formula is C10H15F2N3O. The Morgan fingerprint density at radius 2 is 2.31 bits per heavy atom. The normalized spacial score (nSPS) is 12.8. The summed E-state index contributed by atoms with van der Waals surface area (Å²) in [5.74, 6) is -0.386. The quantitative estimate of drug-likeness (QED) is 0.788. The molecule has 1 aromatic rings. The molecule has 1 atom stereocenters.